The van der Waals surface area contributed by atoms with Gasteiger partial charge in [-0.25, -0.2) is 13.2 Å². The molecule has 1 nitrogen and oxygen atoms in total. The van der Waals surface area contributed by atoms with Crippen molar-refractivity contribution in [2.24, 2.45) is 0 Å². The van der Waals surface area contributed by atoms with Gasteiger partial charge >= 0.3 is 0 Å². The second-order valence-corrected chi connectivity index (χ2v) is 5.24. The van der Waals surface area contributed by atoms with Crippen LogP contribution in [0, 0.1) is 17.5 Å². The molecule has 2 aromatic rings. The number of ketones is 1. The zero-order valence-corrected chi connectivity index (χ0v) is 11.8. The summed E-state index contributed by atoms with van der Waals surface area (Å²) < 4.78 is 39.9. The minimum atomic E-state index is -1.17. The first kappa shape index (κ1) is 15.3. The molecule has 0 atom stereocenters. The number of hydrogen-bond donors (Lipinski definition) is 0. The molecule has 0 saturated heterocycles. The Balaban J connectivity index is 2.22. The van der Waals surface area contributed by atoms with Crippen molar-refractivity contribution in [1.82, 2.24) is 0 Å². The van der Waals surface area contributed by atoms with Gasteiger partial charge in [0.2, 0.25) is 0 Å². The van der Waals surface area contributed by atoms with Crippen LogP contribution in [0.1, 0.15) is 41.3 Å². The SMILES string of the molecule is CC(C)c1ccc(CC(=O)c2c(F)cc(F)cc2F)cc1. The van der Waals surface area contributed by atoms with Crippen molar-refractivity contribution in [3.05, 3.63) is 70.5 Å². The first-order valence-electron chi connectivity index (χ1n) is 6.65. The summed E-state index contributed by atoms with van der Waals surface area (Å²) in [7, 11) is 0. The summed E-state index contributed by atoms with van der Waals surface area (Å²) in [5, 5.41) is 0. The van der Waals surface area contributed by atoms with Crippen LogP contribution in [0.5, 0.6) is 0 Å². The van der Waals surface area contributed by atoms with Gasteiger partial charge in [0.15, 0.2) is 5.78 Å². The Morgan fingerprint density at radius 1 is 1.00 bits per heavy atom. The van der Waals surface area contributed by atoms with Crippen LogP contribution in [-0.4, -0.2) is 5.78 Å². The Hall–Kier alpha value is -2.10. The molecule has 110 valence electrons. The van der Waals surface area contributed by atoms with E-state index in [4.69, 9.17) is 0 Å². The maximum atomic E-state index is 13.5. The van der Waals surface area contributed by atoms with Gasteiger partial charge in [0.05, 0.1) is 5.56 Å². The van der Waals surface area contributed by atoms with Crippen LogP contribution >= 0.6 is 0 Å². The summed E-state index contributed by atoms with van der Waals surface area (Å²) in [4.78, 5) is 12.0. The van der Waals surface area contributed by atoms with Gasteiger partial charge < -0.3 is 0 Å². The lowest BCUT2D eigenvalue weighted by atomic mass is 9.98. The average Bonchev–Trinajstić information content (AvgIpc) is 2.37. The molecule has 0 aliphatic carbocycles. The second kappa shape index (κ2) is 6.12. The molecule has 0 fully saturated rings. The van der Waals surface area contributed by atoms with E-state index in [1.807, 2.05) is 26.0 Å². The first-order valence-corrected chi connectivity index (χ1v) is 6.65. The molecule has 4 heteroatoms. The van der Waals surface area contributed by atoms with Crippen LogP contribution < -0.4 is 0 Å². The monoisotopic (exact) mass is 292 g/mol. The summed E-state index contributed by atoms with van der Waals surface area (Å²) in [6.07, 6.45) is -0.127. The highest BCUT2D eigenvalue weighted by atomic mass is 19.1. The van der Waals surface area contributed by atoms with Gasteiger partial charge in [-0.1, -0.05) is 38.1 Å². The Bertz CT molecular complexity index is 637. The van der Waals surface area contributed by atoms with Gasteiger partial charge in [0, 0.05) is 18.6 Å². The van der Waals surface area contributed by atoms with E-state index in [1.165, 1.54) is 0 Å². The van der Waals surface area contributed by atoms with E-state index in [9.17, 15) is 18.0 Å². The van der Waals surface area contributed by atoms with Gasteiger partial charge in [-0.15, -0.1) is 0 Å². The minimum Gasteiger partial charge on any atom is -0.294 e. The average molecular weight is 292 g/mol. The molecule has 0 spiro atoms. The molecule has 0 aliphatic heterocycles. The topological polar surface area (TPSA) is 17.1 Å². The van der Waals surface area contributed by atoms with E-state index in [1.54, 1.807) is 12.1 Å². The largest absolute Gasteiger partial charge is 0.294 e. The van der Waals surface area contributed by atoms with Gasteiger partial charge in [-0.3, -0.25) is 4.79 Å². The summed E-state index contributed by atoms with van der Waals surface area (Å²) in [6, 6.07) is 8.30. The Morgan fingerprint density at radius 2 is 1.52 bits per heavy atom. The number of hydrogen-bond acceptors (Lipinski definition) is 1. The minimum absolute atomic E-state index is 0.127. The number of rotatable bonds is 4. The first-order chi connectivity index (χ1) is 9.88. The van der Waals surface area contributed by atoms with Crippen LogP contribution in [0.4, 0.5) is 13.2 Å². The molecule has 0 saturated carbocycles. The van der Waals surface area contributed by atoms with Crippen molar-refractivity contribution in [1.29, 1.82) is 0 Å². The number of Topliss-reactive ketones (excluding diaryl/α,β-unsaturated/α-hetero) is 1. The predicted octanol–water partition coefficient (Wildman–Crippen LogP) is 4.65. The van der Waals surface area contributed by atoms with Crippen molar-refractivity contribution in [3.8, 4) is 0 Å². The summed E-state index contributed by atoms with van der Waals surface area (Å²) in [5.41, 5.74) is 1.09. The Kier molecular flexibility index (Phi) is 4.46. The molecule has 0 amide bonds. The highest BCUT2D eigenvalue weighted by Crippen LogP contribution is 2.19. The smallest absolute Gasteiger partial charge is 0.173 e. The number of carbonyl (C=O) groups excluding carboxylic acids is 1. The van der Waals surface area contributed by atoms with E-state index >= 15 is 0 Å². The standard InChI is InChI=1S/C17H15F3O/c1-10(2)12-5-3-11(4-6-12)7-16(21)17-14(19)8-13(18)9-15(17)20/h3-6,8-10H,7H2,1-2H3. The van der Waals surface area contributed by atoms with E-state index in [-0.39, 0.29) is 6.42 Å². The van der Waals surface area contributed by atoms with Crippen molar-refractivity contribution < 1.29 is 18.0 Å². The zero-order valence-electron chi connectivity index (χ0n) is 11.8. The fourth-order valence-electron chi connectivity index (χ4n) is 2.10. The van der Waals surface area contributed by atoms with Crippen LogP contribution in [0.2, 0.25) is 0 Å². The maximum absolute atomic E-state index is 13.5. The molecule has 0 heterocycles. The van der Waals surface area contributed by atoms with Crippen molar-refractivity contribution in [2.45, 2.75) is 26.2 Å². The van der Waals surface area contributed by atoms with Crippen molar-refractivity contribution in [3.63, 3.8) is 0 Å². The predicted molar refractivity (Wildman–Crippen MR) is 74.9 cm³/mol. The van der Waals surface area contributed by atoms with Crippen LogP contribution in [0.3, 0.4) is 0 Å². The Morgan fingerprint density at radius 3 is 2.00 bits per heavy atom. The maximum Gasteiger partial charge on any atom is 0.173 e. The van der Waals surface area contributed by atoms with Gasteiger partial charge in [0.1, 0.15) is 17.5 Å². The summed E-state index contributed by atoms with van der Waals surface area (Å²) >= 11 is 0. The summed E-state index contributed by atoms with van der Waals surface area (Å²) in [6.45, 7) is 4.09. The van der Waals surface area contributed by atoms with Crippen molar-refractivity contribution >= 4 is 5.78 Å². The van der Waals surface area contributed by atoms with Crippen LogP contribution in [0.25, 0.3) is 0 Å². The van der Waals surface area contributed by atoms with Crippen LogP contribution in [0.15, 0.2) is 36.4 Å². The van der Waals surface area contributed by atoms with E-state index in [0.717, 1.165) is 5.56 Å². The van der Waals surface area contributed by atoms with Crippen LogP contribution in [-0.2, 0) is 6.42 Å². The van der Waals surface area contributed by atoms with Gasteiger partial charge in [-0.05, 0) is 17.0 Å². The third-order valence-corrected chi connectivity index (χ3v) is 3.30. The zero-order chi connectivity index (χ0) is 15.6. The highest BCUT2D eigenvalue weighted by Gasteiger charge is 2.19. The third kappa shape index (κ3) is 3.51. The third-order valence-electron chi connectivity index (χ3n) is 3.30. The molecule has 21 heavy (non-hydrogen) atoms. The number of carbonyl (C=O) groups is 1. The van der Waals surface area contributed by atoms with E-state index < -0.39 is 28.8 Å². The normalized spacial score (nSPS) is 11.0. The molecule has 0 aliphatic rings. The lowest BCUT2D eigenvalue weighted by Gasteiger charge is -2.08. The van der Waals surface area contributed by atoms with Gasteiger partial charge in [-0.2, -0.15) is 0 Å². The second-order valence-electron chi connectivity index (χ2n) is 5.24. The molecule has 0 bridgehead atoms. The number of halogens is 3. The molecule has 2 rings (SSSR count). The fourth-order valence-corrected chi connectivity index (χ4v) is 2.10. The lowest BCUT2D eigenvalue weighted by molar-refractivity contribution is 0.0984. The van der Waals surface area contributed by atoms with Gasteiger partial charge in [0.25, 0.3) is 0 Å². The lowest BCUT2D eigenvalue weighted by Crippen LogP contribution is -2.10. The number of benzene rings is 2. The van der Waals surface area contributed by atoms with E-state index in [2.05, 4.69) is 0 Å². The molecular formula is C17H15F3O. The highest BCUT2D eigenvalue weighted by molar-refractivity contribution is 5.98. The molecule has 0 aromatic heterocycles. The van der Waals surface area contributed by atoms with Crippen molar-refractivity contribution in [2.75, 3.05) is 0 Å². The fraction of sp³-hybridized carbons (Fsp3) is 0.235. The quantitative estimate of drug-likeness (QED) is 0.749. The molecule has 2 aromatic carbocycles. The molecular weight excluding hydrogens is 277 g/mol. The molecule has 0 N–H and O–H groups in total. The van der Waals surface area contributed by atoms with E-state index in [0.29, 0.717) is 23.6 Å². The molecule has 0 radical (unpaired) electrons. The summed E-state index contributed by atoms with van der Waals surface area (Å²) in [5.74, 6) is -3.72. The Labute approximate surface area is 121 Å². The molecule has 0 unspecified atom stereocenters.